The van der Waals surface area contributed by atoms with Crippen molar-refractivity contribution in [2.75, 3.05) is 4.90 Å². The van der Waals surface area contributed by atoms with Gasteiger partial charge in [0.05, 0.1) is 5.39 Å². The summed E-state index contributed by atoms with van der Waals surface area (Å²) in [6.45, 7) is 0. The van der Waals surface area contributed by atoms with Gasteiger partial charge >= 0.3 is 0 Å². The van der Waals surface area contributed by atoms with Crippen molar-refractivity contribution in [2.45, 2.75) is 0 Å². The smallest absolute Gasteiger partial charge is 0.227 e. The summed E-state index contributed by atoms with van der Waals surface area (Å²) in [6, 6.07) is 58.7. The molecule has 0 bridgehead atoms. The maximum atomic E-state index is 6.33. The molecule has 7 aromatic carbocycles. The Morgan fingerprint density at radius 3 is 1.66 bits per heavy atom. The van der Waals surface area contributed by atoms with Crippen molar-refractivity contribution in [3.63, 3.8) is 0 Å². The van der Waals surface area contributed by atoms with Crippen molar-refractivity contribution >= 4 is 50.1 Å². The molecule has 0 unspecified atom stereocenters. The van der Waals surface area contributed by atoms with Crippen molar-refractivity contribution in [1.82, 2.24) is 4.98 Å². The lowest BCUT2D eigenvalue weighted by Gasteiger charge is -2.25. The Kier molecular flexibility index (Phi) is 6.43. The normalized spacial score (nSPS) is 11.4. The van der Waals surface area contributed by atoms with Gasteiger partial charge in [0.25, 0.3) is 0 Å². The molecule has 0 atom stereocenters. The Hall–Kier alpha value is -6.39. The highest BCUT2D eigenvalue weighted by Gasteiger charge is 2.19. The van der Waals surface area contributed by atoms with E-state index in [-0.39, 0.29) is 0 Å². The summed E-state index contributed by atoms with van der Waals surface area (Å²) in [5, 5.41) is 1.94. The molecular formula is C43H28N2O2. The Morgan fingerprint density at radius 2 is 0.936 bits per heavy atom. The highest BCUT2D eigenvalue weighted by atomic mass is 16.4. The van der Waals surface area contributed by atoms with Gasteiger partial charge in [-0.15, -0.1) is 0 Å². The molecule has 222 valence electrons. The average Bonchev–Trinajstić information content (AvgIpc) is 3.75. The Balaban J connectivity index is 1.15. The number of benzene rings is 7. The first-order valence-electron chi connectivity index (χ1n) is 15.7. The van der Waals surface area contributed by atoms with Crippen LogP contribution in [0.3, 0.4) is 0 Å². The van der Waals surface area contributed by atoms with Gasteiger partial charge in [-0.25, -0.2) is 4.98 Å². The zero-order valence-corrected chi connectivity index (χ0v) is 25.4. The molecule has 0 aliphatic heterocycles. The number of para-hydroxylation sites is 1. The molecular weight excluding hydrogens is 576 g/mol. The fourth-order valence-electron chi connectivity index (χ4n) is 6.42. The van der Waals surface area contributed by atoms with Crippen LogP contribution >= 0.6 is 0 Å². The Labute approximate surface area is 271 Å². The third kappa shape index (κ3) is 4.84. The maximum absolute atomic E-state index is 6.33. The average molecular weight is 605 g/mol. The molecule has 2 aromatic heterocycles. The van der Waals surface area contributed by atoms with E-state index in [1.807, 2.05) is 60.7 Å². The molecule has 9 rings (SSSR count). The molecule has 4 nitrogen and oxygen atoms in total. The topological polar surface area (TPSA) is 42.4 Å². The van der Waals surface area contributed by atoms with E-state index in [1.54, 1.807) is 0 Å². The van der Waals surface area contributed by atoms with Crippen molar-refractivity contribution < 1.29 is 8.83 Å². The summed E-state index contributed by atoms with van der Waals surface area (Å²) >= 11 is 0. The van der Waals surface area contributed by atoms with Crippen LogP contribution in [-0.2, 0) is 0 Å². The quantitative estimate of drug-likeness (QED) is 0.189. The molecule has 47 heavy (non-hydrogen) atoms. The Morgan fingerprint density at radius 1 is 0.383 bits per heavy atom. The number of hydrogen-bond donors (Lipinski definition) is 0. The minimum Gasteiger partial charge on any atom is -0.456 e. The number of nitrogens with zero attached hydrogens (tertiary/aromatic N) is 2. The van der Waals surface area contributed by atoms with Gasteiger partial charge in [-0.05, 0) is 95.1 Å². The number of oxazole rings is 1. The van der Waals surface area contributed by atoms with Crippen molar-refractivity contribution in [3.05, 3.63) is 170 Å². The molecule has 0 saturated carbocycles. The van der Waals surface area contributed by atoms with Crippen LogP contribution in [0, 0.1) is 0 Å². The third-order valence-corrected chi connectivity index (χ3v) is 8.70. The second kappa shape index (κ2) is 11.2. The molecule has 4 heteroatoms. The molecule has 0 saturated heterocycles. The molecule has 9 aromatic rings. The first-order valence-corrected chi connectivity index (χ1v) is 15.7. The number of aromatic nitrogens is 1. The zero-order valence-electron chi connectivity index (χ0n) is 25.4. The van der Waals surface area contributed by atoms with Crippen LogP contribution in [0.5, 0.6) is 0 Å². The monoisotopic (exact) mass is 604 g/mol. The predicted molar refractivity (Wildman–Crippen MR) is 192 cm³/mol. The molecule has 0 aliphatic carbocycles. The maximum Gasteiger partial charge on any atom is 0.227 e. The van der Waals surface area contributed by atoms with Crippen molar-refractivity contribution in [2.24, 2.45) is 0 Å². The summed E-state index contributed by atoms with van der Waals surface area (Å²) in [7, 11) is 0. The van der Waals surface area contributed by atoms with Gasteiger partial charge in [0.15, 0.2) is 5.58 Å². The minimum absolute atomic E-state index is 0.596. The molecule has 0 spiro atoms. The number of anilines is 3. The highest BCUT2D eigenvalue weighted by molar-refractivity contribution is 6.17. The van der Waals surface area contributed by atoms with Crippen LogP contribution in [0.25, 0.3) is 66.7 Å². The second-order valence-corrected chi connectivity index (χ2v) is 11.6. The summed E-state index contributed by atoms with van der Waals surface area (Å²) in [4.78, 5) is 7.23. The summed E-state index contributed by atoms with van der Waals surface area (Å²) in [5.41, 5.74) is 12.0. The van der Waals surface area contributed by atoms with E-state index >= 15 is 0 Å². The first kappa shape index (κ1) is 27.0. The molecule has 0 fully saturated rings. The molecule has 0 aliphatic rings. The lowest BCUT2D eigenvalue weighted by atomic mass is 9.99. The van der Waals surface area contributed by atoms with E-state index < -0.39 is 0 Å². The molecule has 0 amide bonds. The Bertz CT molecular complexity index is 2500. The second-order valence-electron chi connectivity index (χ2n) is 11.6. The van der Waals surface area contributed by atoms with Crippen LogP contribution in [-0.4, -0.2) is 4.98 Å². The lowest BCUT2D eigenvalue weighted by Crippen LogP contribution is -2.09. The van der Waals surface area contributed by atoms with Crippen molar-refractivity contribution in [3.8, 4) is 33.7 Å². The highest BCUT2D eigenvalue weighted by Crippen LogP contribution is 2.41. The fourth-order valence-corrected chi connectivity index (χ4v) is 6.42. The summed E-state index contributed by atoms with van der Waals surface area (Å²) < 4.78 is 12.5. The van der Waals surface area contributed by atoms with E-state index in [1.165, 1.54) is 22.3 Å². The predicted octanol–water partition coefficient (Wildman–Crippen LogP) is 12.2. The largest absolute Gasteiger partial charge is 0.456 e. The van der Waals surface area contributed by atoms with Crippen LogP contribution in [0.1, 0.15) is 0 Å². The molecule has 0 N–H and O–H groups in total. The van der Waals surface area contributed by atoms with E-state index in [2.05, 4.69) is 114 Å². The summed E-state index contributed by atoms with van der Waals surface area (Å²) in [6.07, 6.45) is 0. The van der Waals surface area contributed by atoms with Crippen molar-refractivity contribution in [1.29, 1.82) is 0 Å². The van der Waals surface area contributed by atoms with Gasteiger partial charge in [0.2, 0.25) is 5.89 Å². The van der Waals surface area contributed by atoms with E-state index in [9.17, 15) is 0 Å². The summed E-state index contributed by atoms with van der Waals surface area (Å²) in [5.74, 6) is 0.596. The van der Waals surface area contributed by atoms with E-state index in [4.69, 9.17) is 13.8 Å². The number of furan rings is 1. The number of hydrogen-bond acceptors (Lipinski definition) is 4. The van der Waals surface area contributed by atoms with E-state index in [0.29, 0.717) is 5.89 Å². The standard InChI is InChI=1S/C43H28N2O2/c1-4-11-29(12-5-1)32-15-10-16-33(27-32)30-19-21-35(22-20-30)45(34-17-8-3-9-18-34)36-23-24-38-37(28-36)41-39(46-38)25-26-40-42(41)44-43(47-40)31-13-6-2-7-14-31/h1-28H. The van der Waals surface area contributed by atoms with Gasteiger partial charge in [0, 0.05) is 28.0 Å². The number of fused-ring (bicyclic) bond motifs is 5. The lowest BCUT2D eigenvalue weighted by molar-refractivity contribution is 0.619. The SMILES string of the molecule is c1ccc(-c2cccc(-c3ccc(N(c4ccccc4)c4ccc5oc6ccc7oc(-c8ccccc8)nc7c6c5c4)cc3)c2)cc1. The van der Waals surface area contributed by atoms with Gasteiger partial charge in [0.1, 0.15) is 16.7 Å². The van der Waals surface area contributed by atoms with Crippen LogP contribution < -0.4 is 4.90 Å². The minimum atomic E-state index is 0.596. The van der Waals surface area contributed by atoms with Gasteiger partial charge < -0.3 is 13.7 Å². The van der Waals surface area contributed by atoms with Crippen LogP contribution in [0.2, 0.25) is 0 Å². The van der Waals surface area contributed by atoms with Gasteiger partial charge in [-0.2, -0.15) is 0 Å². The van der Waals surface area contributed by atoms with E-state index in [0.717, 1.165) is 55.7 Å². The number of rotatable bonds is 6. The van der Waals surface area contributed by atoms with Crippen LogP contribution in [0.4, 0.5) is 17.1 Å². The van der Waals surface area contributed by atoms with Crippen LogP contribution in [0.15, 0.2) is 179 Å². The van der Waals surface area contributed by atoms with Gasteiger partial charge in [-0.1, -0.05) is 97.1 Å². The third-order valence-electron chi connectivity index (χ3n) is 8.70. The first-order chi connectivity index (χ1) is 23.3. The molecule has 0 radical (unpaired) electrons. The molecule has 2 heterocycles. The zero-order chi connectivity index (χ0) is 31.2. The van der Waals surface area contributed by atoms with Gasteiger partial charge in [-0.3, -0.25) is 0 Å². The fraction of sp³-hybridized carbons (Fsp3) is 0.